The summed E-state index contributed by atoms with van der Waals surface area (Å²) in [6, 6.07) is 13.7. The Bertz CT molecular complexity index is 1510. The van der Waals surface area contributed by atoms with E-state index in [0.717, 1.165) is 24.8 Å². The Balaban J connectivity index is 1.57. The van der Waals surface area contributed by atoms with E-state index in [0.29, 0.717) is 29.6 Å². The lowest BCUT2D eigenvalue weighted by molar-refractivity contribution is -0.138. The second-order valence-corrected chi connectivity index (χ2v) is 10.9. The number of carbonyl (C=O) groups is 2. The number of hydrogen-bond acceptors (Lipinski definition) is 6. The lowest BCUT2D eigenvalue weighted by Gasteiger charge is -2.37. The molecule has 8 nitrogen and oxygen atoms in total. The minimum Gasteiger partial charge on any atom is -0.444 e. The number of likely N-dealkylation sites (tertiary alicyclic amines) is 1. The maximum absolute atomic E-state index is 13.7. The van der Waals surface area contributed by atoms with Gasteiger partial charge in [-0.15, -0.1) is 0 Å². The first-order chi connectivity index (χ1) is 19.8. The number of anilines is 2. The van der Waals surface area contributed by atoms with Crippen LogP contribution in [0.5, 0.6) is 0 Å². The molecular weight excluding hydrogens is 547 g/mol. The highest BCUT2D eigenvalue weighted by molar-refractivity contribution is 5.77. The van der Waals surface area contributed by atoms with E-state index in [1.165, 1.54) is 0 Å². The van der Waals surface area contributed by atoms with Crippen LogP contribution in [-0.2, 0) is 22.1 Å². The van der Waals surface area contributed by atoms with Crippen LogP contribution in [-0.4, -0.2) is 39.0 Å². The summed E-state index contributed by atoms with van der Waals surface area (Å²) >= 11 is 0. The van der Waals surface area contributed by atoms with Crippen LogP contribution in [0, 0.1) is 11.8 Å². The van der Waals surface area contributed by atoms with Gasteiger partial charge in [-0.2, -0.15) is 13.2 Å². The number of primary amides is 1. The van der Waals surface area contributed by atoms with Crippen molar-refractivity contribution in [2.45, 2.75) is 64.3 Å². The molecule has 1 aliphatic heterocycles. The molecule has 220 valence electrons. The normalized spacial score (nSPS) is 15.4. The van der Waals surface area contributed by atoms with E-state index >= 15 is 0 Å². The molecule has 2 amide bonds. The summed E-state index contributed by atoms with van der Waals surface area (Å²) in [5.41, 5.74) is 5.42. The van der Waals surface area contributed by atoms with E-state index in [2.05, 4.69) is 27.1 Å². The SMILES string of the molecule is CC(C)(C)OC(=O)N1CCCCC1c1ccc(Nc2ncc(C(F)(F)F)c(C#Cc3ccccc3CC(N)=O)n2)cc1. The number of nitrogens with one attached hydrogen (secondary N) is 1. The third kappa shape index (κ3) is 8.00. The van der Waals surface area contributed by atoms with E-state index in [1.807, 2.05) is 32.9 Å². The van der Waals surface area contributed by atoms with E-state index in [4.69, 9.17) is 10.5 Å². The Kier molecular flexibility index (Phi) is 9.05. The molecule has 4 rings (SSSR count). The zero-order chi connectivity index (χ0) is 30.5. The number of carbonyl (C=O) groups excluding carboxylic acids is 2. The molecule has 1 atom stereocenters. The van der Waals surface area contributed by atoms with E-state index < -0.39 is 28.9 Å². The summed E-state index contributed by atoms with van der Waals surface area (Å²) in [6.45, 7) is 6.07. The molecule has 2 heterocycles. The van der Waals surface area contributed by atoms with Crippen molar-refractivity contribution in [3.63, 3.8) is 0 Å². The van der Waals surface area contributed by atoms with Gasteiger partial charge in [0.15, 0.2) is 0 Å². The molecule has 0 spiro atoms. The smallest absolute Gasteiger partial charge is 0.420 e. The van der Waals surface area contributed by atoms with Crippen molar-refractivity contribution in [2.75, 3.05) is 11.9 Å². The monoisotopic (exact) mass is 579 g/mol. The van der Waals surface area contributed by atoms with Crippen molar-refractivity contribution in [2.24, 2.45) is 5.73 Å². The molecule has 1 aliphatic rings. The van der Waals surface area contributed by atoms with Crippen LogP contribution in [0.25, 0.3) is 0 Å². The van der Waals surface area contributed by atoms with Crippen molar-refractivity contribution in [1.82, 2.24) is 14.9 Å². The van der Waals surface area contributed by atoms with Crippen LogP contribution in [0.2, 0.25) is 0 Å². The van der Waals surface area contributed by atoms with E-state index in [9.17, 15) is 22.8 Å². The molecule has 2 aromatic carbocycles. The quantitative estimate of drug-likeness (QED) is 0.352. The largest absolute Gasteiger partial charge is 0.444 e. The van der Waals surface area contributed by atoms with E-state index in [-0.39, 0.29) is 24.5 Å². The lowest BCUT2D eigenvalue weighted by Crippen LogP contribution is -2.41. The highest BCUT2D eigenvalue weighted by Crippen LogP contribution is 2.34. The van der Waals surface area contributed by atoms with Gasteiger partial charge < -0.3 is 20.7 Å². The van der Waals surface area contributed by atoms with Gasteiger partial charge in [0.2, 0.25) is 11.9 Å². The van der Waals surface area contributed by atoms with Crippen LogP contribution in [0.1, 0.15) is 74.0 Å². The van der Waals surface area contributed by atoms with Gasteiger partial charge in [0, 0.05) is 24.0 Å². The molecule has 0 saturated carbocycles. The van der Waals surface area contributed by atoms with Gasteiger partial charge in [-0.05, 0) is 75.3 Å². The van der Waals surface area contributed by atoms with Crippen molar-refractivity contribution in [3.8, 4) is 11.8 Å². The first-order valence-corrected chi connectivity index (χ1v) is 13.5. The topological polar surface area (TPSA) is 110 Å². The zero-order valence-electron chi connectivity index (χ0n) is 23.6. The number of rotatable bonds is 5. The summed E-state index contributed by atoms with van der Waals surface area (Å²) in [6.07, 6.45) is -1.85. The standard InChI is InChI=1S/C31H32F3N5O3/c1-30(2,3)42-29(41)39-17-7-6-10-26(39)21-11-14-23(15-12-21)37-28-36-19-24(31(32,33)34)25(38-28)16-13-20-8-4-5-9-22(20)18-27(35)40/h4-5,8-9,11-12,14-15,19,26H,6-7,10,17-18H2,1-3H3,(H2,35,40)(H,36,37,38). The molecular formula is C31H32F3N5O3. The average Bonchev–Trinajstić information content (AvgIpc) is 2.91. The summed E-state index contributed by atoms with van der Waals surface area (Å²) in [7, 11) is 0. The summed E-state index contributed by atoms with van der Waals surface area (Å²) in [4.78, 5) is 33.8. The van der Waals surface area contributed by atoms with Gasteiger partial charge in [0.05, 0.1) is 12.5 Å². The number of nitrogens with zero attached hydrogens (tertiary/aromatic N) is 3. The van der Waals surface area contributed by atoms with Gasteiger partial charge in [-0.3, -0.25) is 4.79 Å². The molecule has 1 aromatic heterocycles. The number of nitrogens with two attached hydrogens (primary N) is 1. The highest BCUT2D eigenvalue weighted by Gasteiger charge is 2.35. The Hall–Kier alpha value is -4.59. The Morgan fingerprint density at radius 1 is 1.07 bits per heavy atom. The maximum atomic E-state index is 13.7. The number of aromatic nitrogens is 2. The molecule has 11 heteroatoms. The first-order valence-electron chi connectivity index (χ1n) is 13.5. The van der Waals surface area contributed by atoms with Gasteiger partial charge in [0.1, 0.15) is 16.9 Å². The minimum absolute atomic E-state index is 0.0708. The molecule has 3 N–H and O–H groups in total. The minimum atomic E-state index is -4.73. The van der Waals surface area contributed by atoms with Gasteiger partial charge >= 0.3 is 12.3 Å². The Morgan fingerprint density at radius 3 is 2.45 bits per heavy atom. The third-order valence-corrected chi connectivity index (χ3v) is 6.47. The number of benzene rings is 2. The van der Waals surface area contributed by atoms with Gasteiger partial charge in [0.25, 0.3) is 0 Å². The number of alkyl halides is 3. The fourth-order valence-corrected chi connectivity index (χ4v) is 4.59. The Morgan fingerprint density at radius 2 is 1.79 bits per heavy atom. The summed E-state index contributed by atoms with van der Waals surface area (Å²) < 4.78 is 46.7. The second-order valence-electron chi connectivity index (χ2n) is 10.9. The van der Waals surface area contributed by atoms with E-state index in [1.54, 1.807) is 41.3 Å². The molecule has 1 saturated heterocycles. The summed E-state index contributed by atoms with van der Waals surface area (Å²) in [5.74, 6) is 4.53. The van der Waals surface area contributed by atoms with Crippen molar-refractivity contribution in [1.29, 1.82) is 0 Å². The fraction of sp³-hybridized carbons (Fsp3) is 0.355. The number of hydrogen-bond donors (Lipinski definition) is 2. The van der Waals surface area contributed by atoms with Crippen LogP contribution in [0.15, 0.2) is 54.7 Å². The van der Waals surface area contributed by atoms with Crippen molar-refractivity contribution >= 4 is 23.6 Å². The number of ether oxygens (including phenoxy) is 1. The number of piperidine rings is 1. The van der Waals surface area contributed by atoms with Crippen LogP contribution in [0.3, 0.4) is 0 Å². The van der Waals surface area contributed by atoms with Crippen molar-refractivity contribution < 1.29 is 27.5 Å². The number of amides is 2. The zero-order valence-corrected chi connectivity index (χ0v) is 23.6. The molecule has 0 bridgehead atoms. The van der Waals surface area contributed by atoms with Crippen LogP contribution < -0.4 is 11.1 Å². The molecule has 1 unspecified atom stereocenters. The van der Waals surface area contributed by atoms with Crippen LogP contribution in [0.4, 0.5) is 29.6 Å². The van der Waals surface area contributed by atoms with Crippen LogP contribution >= 0.6 is 0 Å². The molecule has 1 fully saturated rings. The molecule has 42 heavy (non-hydrogen) atoms. The maximum Gasteiger partial charge on any atom is 0.420 e. The predicted octanol–water partition coefficient (Wildman–Crippen LogP) is 6.13. The average molecular weight is 580 g/mol. The fourth-order valence-electron chi connectivity index (χ4n) is 4.59. The van der Waals surface area contributed by atoms with Gasteiger partial charge in [-0.25, -0.2) is 14.8 Å². The lowest BCUT2D eigenvalue weighted by atomic mass is 9.95. The summed E-state index contributed by atoms with van der Waals surface area (Å²) in [5, 5.41) is 2.93. The first kappa shape index (κ1) is 30.4. The van der Waals surface area contributed by atoms with Gasteiger partial charge in [-0.1, -0.05) is 36.3 Å². The van der Waals surface area contributed by atoms with Crippen molar-refractivity contribution in [3.05, 3.63) is 82.7 Å². The Labute approximate surface area is 242 Å². The third-order valence-electron chi connectivity index (χ3n) is 6.47. The molecule has 0 aliphatic carbocycles. The molecule has 0 radical (unpaired) electrons. The predicted molar refractivity (Wildman–Crippen MR) is 152 cm³/mol. The number of halogens is 3. The highest BCUT2D eigenvalue weighted by atomic mass is 19.4. The second kappa shape index (κ2) is 12.5. The molecule has 3 aromatic rings.